The third-order valence-corrected chi connectivity index (χ3v) is 6.99. The van der Waals surface area contributed by atoms with Crippen molar-refractivity contribution in [3.05, 3.63) is 81.5 Å². The number of para-hydroxylation sites is 1. The summed E-state index contributed by atoms with van der Waals surface area (Å²) >= 11 is 6.23. The van der Waals surface area contributed by atoms with Gasteiger partial charge in [-0.25, -0.2) is 0 Å². The molecule has 34 heavy (non-hydrogen) atoms. The van der Waals surface area contributed by atoms with E-state index in [0.29, 0.717) is 16.5 Å². The number of nitrogens with zero attached hydrogens (tertiary/aromatic N) is 3. The topological polar surface area (TPSA) is 116 Å². The van der Waals surface area contributed by atoms with Gasteiger partial charge in [-0.15, -0.1) is 0 Å². The maximum atomic E-state index is 10.2. The lowest BCUT2D eigenvalue weighted by Gasteiger charge is -2.43. The summed E-state index contributed by atoms with van der Waals surface area (Å²) in [7, 11) is 1.57. The second-order valence-corrected chi connectivity index (χ2v) is 8.80. The Morgan fingerprint density at radius 3 is 2.56 bits per heavy atom. The molecule has 2 atom stereocenters. The van der Waals surface area contributed by atoms with E-state index >= 15 is 0 Å². The fourth-order valence-electron chi connectivity index (χ4n) is 5.07. The van der Waals surface area contributed by atoms with E-state index in [1.807, 2.05) is 36.4 Å². The molecular weight excluding hydrogens is 448 g/mol. The predicted molar refractivity (Wildman–Crippen MR) is 127 cm³/mol. The van der Waals surface area contributed by atoms with Crippen LogP contribution in [0.4, 0.5) is 0 Å². The molecule has 2 aliphatic rings. The van der Waals surface area contributed by atoms with E-state index in [-0.39, 0.29) is 23.8 Å². The Kier molecular flexibility index (Phi) is 6.51. The van der Waals surface area contributed by atoms with Crippen LogP contribution in [0, 0.1) is 45.3 Å². The molecular formula is C27H23ClN4O2. The fourth-order valence-corrected chi connectivity index (χ4v) is 5.26. The molecule has 7 heteroatoms. The third-order valence-electron chi connectivity index (χ3n) is 6.68. The van der Waals surface area contributed by atoms with Crippen molar-refractivity contribution < 1.29 is 9.47 Å². The number of hydrogen-bond donors (Lipinski definition) is 1. The molecule has 0 aromatic heterocycles. The van der Waals surface area contributed by atoms with Gasteiger partial charge in [-0.2, -0.15) is 15.8 Å². The summed E-state index contributed by atoms with van der Waals surface area (Å²) in [6.07, 6.45) is 4.53. The van der Waals surface area contributed by atoms with Gasteiger partial charge in [-0.05, 0) is 60.6 Å². The van der Waals surface area contributed by atoms with Crippen LogP contribution in [0.2, 0.25) is 5.02 Å². The highest BCUT2D eigenvalue weighted by molar-refractivity contribution is 6.32. The molecule has 0 spiro atoms. The first-order chi connectivity index (χ1) is 16.5. The molecule has 0 bridgehead atoms. The quantitative estimate of drug-likeness (QED) is 0.614. The molecule has 0 heterocycles. The number of halogens is 1. The molecule has 0 unspecified atom stereocenters. The number of nitriles is 3. The van der Waals surface area contributed by atoms with Crippen molar-refractivity contribution in [3.8, 4) is 29.7 Å². The smallest absolute Gasteiger partial charge is 0.191 e. The van der Waals surface area contributed by atoms with Crippen molar-refractivity contribution >= 4 is 11.6 Å². The highest BCUT2D eigenvalue weighted by atomic mass is 35.5. The van der Waals surface area contributed by atoms with Crippen molar-refractivity contribution in [1.29, 1.82) is 15.8 Å². The fraction of sp³-hybridized carbons (Fsp3) is 0.296. The van der Waals surface area contributed by atoms with Crippen molar-refractivity contribution in [2.24, 2.45) is 17.1 Å². The highest BCUT2D eigenvalue weighted by Crippen LogP contribution is 2.56. The van der Waals surface area contributed by atoms with E-state index < -0.39 is 11.3 Å². The maximum absolute atomic E-state index is 10.2. The summed E-state index contributed by atoms with van der Waals surface area (Å²) < 4.78 is 11.5. The lowest BCUT2D eigenvalue weighted by molar-refractivity contribution is 0.294. The molecule has 4 rings (SSSR count). The number of methoxy groups -OCH3 is 1. The number of hydrogen-bond acceptors (Lipinski definition) is 6. The van der Waals surface area contributed by atoms with Crippen molar-refractivity contribution in [3.63, 3.8) is 0 Å². The zero-order chi connectivity index (χ0) is 24.3. The molecule has 0 amide bonds. The van der Waals surface area contributed by atoms with Crippen LogP contribution in [-0.2, 0) is 6.61 Å². The van der Waals surface area contributed by atoms with Crippen LogP contribution in [0.1, 0.15) is 36.3 Å². The van der Waals surface area contributed by atoms with E-state index in [2.05, 4.69) is 18.2 Å². The average Bonchev–Trinajstić information content (AvgIpc) is 2.87. The van der Waals surface area contributed by atoms with Crippen LogP contribution in [0.25, 0.3) is 0 Å². The molecule has 2 N–H and O–H groups in total. The van der Waals surface area contributed by atoms with Crippen LogP contribution in [0.15, 0.2) is 65.4 Å². The van der Waals surface area contributed by atoms with Crippen LogP contribution in [0.5, 0.6) is 11.5 Å². The monoisotopic (exact) mass is 470 g/mol. The highest BCUT2D eigenvalue weighted by Gasteiger charge is 2.53. The van der Waals surface area contributed by atoms with Gasteiger partial charge >= 0.3 is 0 Å². The molecule has 6 nitrogen and oxygen atoms in total. The minimum absolute atomic E-state index is 0.0269. The van der Waals surface area contributed by atoms with Gasteiger partial charge in [0.2, 0.25) is 0 Å². The first-order valence-corrected chi connectivity index (χ1v) is 11.4. The summed E-state index contributed by atoms with van der Waals surface area (Å²) in [6, 6.07) is 19.3. The Labute approximate surface area is 204 Å². The van der Waals surface area contributed by atoms with Gasteiger partial charge in [-0.3, -0.25) is 0 Å². The molecule has 0 saturated heterocycles. The third kappa shape index (κ3) is 3.75. The molecule has 2 aliphatic carbocycles. The van der Waals surface area contributed by atoms with Crippen molar-refractivity contribution in [1.82, 2.24) is 0 Å². The summed E-state index contributed by atoms with van der Waals surface area (Å²) in [5, 5.41) is 30.7. The second kappa shape index (κ2) is 9.52. The molecule has 0 aliphatic heterocycles. The van der Waals surface area contributed by atoms with E-state index in [4.69, 9.17) is 26.8 Å². The zero-order valence-electron chi connectivity index (χ0n) is 18.7. The second-order valence-electron chi connectivity index (χ2n) is 8.40. The van der Waals surface area contributed by atoms with Crippen LogP contribution < -0.4 is 15.2 Å². The number of fused-ring (bicyclic) bond motifs is 1. The standard InChI is InChI=1S/C27H23ClN4O2/c1-33-23-11-10-17(12-18(23)14-34-24-9-5-4-8-22(24)28)25-20-7-3-2-6-19(20)21(13-29)26(32)27(25,15-30)16-31/h4-6,8-12,20,25H,2-3,7,14,32H2,1H3/t20-,25-/m0/s1. The minimum atomic E-state index is -1.65. The molecule has 0 radical (unpaired) electrons. The van der Waals surface area contributed by atoms with Crippen molar-refractivity contribution in [2.45, 2.75) is 31.8 Å². The van der Waals surface area contributed by atoms with Gasteiger partial charge in [0, 0.05) is 11.5 Å². The van der Waals surface area contributed by atoms with Crippen LogP contribution >= 0.6 is 11.6 Å². The van der Waals surface area contributed by atoms with Gasteiger partial charge in [0.05, 0.1) is 35.5 Å². The molecule has 0 fully saturated rings. The minimum Gasteiger partial charge on any atom is -0.496 e. The van der Waals surface area contributed by atoms with E-state index in [9.17, 15) is 15.8 Å². The first kappa shape index (κ1) is 23.2. The maximum Gasteiger partial charge on any atom is 0.191 e. The van der Waals surface area contributed by atoms with Gasteiger partial charge < -0.3 is 15.2 Å². The Balaban J connectivity index is 1.82. The lowest BCUT2D eigenvalue weighted by Crippen LogP contribution is -2.42. The Hall–Kier alpha value is -3.92. The van der Waals surface area contributed by atoms with E-state index in [1.165, 1.54) is 0 Å². The van der Waals surface area contributed by atoms with Gasteiger partial charge in [0.15, 0.2) is 5.41 Å². The number of nitrogens with two attached hydrogens (primary N) is 1. The summed E-state index contributed by atoms with van der Waals surface area (Å²) in [4.78, 5) is 0. The number of rotatable bonds is 5. The summed E-state index contributed by atoms with van der Waals surface area (Å²) in [5.74, 6) is 0.463. The Bertz CT molecular complexity index is 1300. The van der Waals surface area contributed by atoms with Crippen LogP contribution in [-0.4, -0.2) is 7.11 Å². The summed E-state index contributed by atoms with van der Waals surface area (Å²) in [5.41, 5.74) is 7.38. The molecule has 2 aromatic rings. The average molecular weight is 471 g/mol. The number of ether oxygens (including phenoxy) is 2. The van der Waals surface area contributed by atoms with Gasteiger partial charge in [0.1, 0.15) is 24.2 Å². The largest absolute Gasteiger partial charge is 0.496 e. The van der Waals surface area contributed by atoms with E-state index in [0.717, 1.165) is 36.0 Å². The first-order valence-electron chi connectivity index (χ1n) is 11.0. The predicted octanol–water partition coefficient (Wildman–Crippen LogP) is 5.52. The summed E-state index contributed by atoms with van der Waals surface area (Å²) in [6.45, 7) is 0.182. The van der Waals surface area contributed by atoms with Gasteiger partial charge in [0.25, 0.3) is 0 Å². The Morgan fingerprint density at radius 1 is 1.12 bits per heavy atom. The number of allylic oxidation sites excluding steroid dienone is 4. The van der Waals surface area contributed by atoms with Gasteiger partial charge in [-0.1, -0.05) is 35.9 Å². The van der Waals surface area contributed by atoms with Crippen molar-refractivity contribution in [2.75, 3.05) is 7.11 Å². The molecule has 0 saturated carbocycles. The SMILES string of the molecule is COc1ccc([C@H]2[C@H]3CCCC=C3C(C#N)=C(N)C2(C#N)C#N)cc1COc1ccccc1Cl. The lowest BCUT2D eigenvalue weighted by atomic mass is 9.56. The zero-order valence-corrected chi connectivity index (χ0v) is 19.5. The van der Waals surface area contributed by atoms with E-state index in [1.54, 1.807) is 19.2 Å². The molecule has 2 aromatic carbocycles. The molecule has 170 valence electrons. The van der Waals surface area contributed by atoms with Crippen LogP contribution in [0.3, 0.4) is 0 Å². The normalized spacial score (nSPS) is 20.7. The number of benzene rings is 2. The Morgan fingerprint density at radius 2 is 1.88 bits per heavy atom.